The number of nitrogens with one attached hydrogen (secondary N) is 2. The maximum absolute atomic E-state index is 13.1. The summed E-state index contributed by atoms with van der Waals surface area (Å²) in [6.07, 6.45) is 4.72. The van der Waals surface area contributed by atoms with Crippen LogP contribution in [0, 0.1) is 5.82 Å². The number of nitrogens with zero attached hydrogens (tertiary/aromatic N) is 1. The minimum absolute atomic E-state index is 0.0804. The molecule has 0 spiro atoms. The Morgan fingerprint density at radius 1 is 1.21 bits per heavy atom. The number of furan rings is 1. The van der Waals surface area contributed by atoms with Gasteiger partial charge in [0.2, 0.25) is 0 Å². The number of hydrogen-bond acceptors (Lipinski definition) is 2. The molecule has 1 saturated carbocycles. The molecule has 1 aliphatic carbocycles. The van der Waals surface area contributed by atoms with Crippen molar-refractivity contribution in [2.45, 2.75) is 31.6 Å². The van der Waals surface area contributed by atoms with Crippen molar-refractivity contribution < 1.29 is 8.81 Å². The second kappa shape index (κ2) is 7.51. The molecule has 0 amide bonds. The van der Waals surface area contributed by atoms with E-state index in [9.17, 15) is 4.39 Å². The number of guanidine groups is 1. The first-order valence-electron chi connectivity index (χ1n) is 8.52. The fourth-order valence-electron chi connectivity index (χ4n) is 2.82. The molecule has 2 aromatic rings. The Labute approximate surface area is 142 Å². The van der Waals surface area contributed by atoms with E-state index in [4.69, 9.17) is 9.41 Å². The fourth-order valence-corrected chi connectivity index (χ4v) is 2.82. The zero-order valence-corrected chi connectivity index (χ0v) is 14.0. The summed E-state index contributed by atoms with van der Waals surface area (Å²) < 4.78 is 18.4. The Morgan fingerprint density at radius 3 is 2.62 bits per heavy atom. The summed E-state index contributed by atoms with van der Waals surface area (Å²) in [7, 11) is 0. The smallest absolute Gasteiger partial charge is 0.191 e. The summed E-state index contributed by atoms with van der Waals surface area (Å²) in [6.45, 7) is 4.35. The molecule has 3 rings (SSSR count). The number of hydrogen-bond donors (Lipinski definition) is 2. The van der Waals surface area contributed by atoms with Gasteiger partial charge < -0.3 is 15.1 Å². The van der Waals surface area contributed by atoms with Gasteiger partial charge in [-0.1, -0.05) is 12.1 Å². The summed E-state index contributed by atoms with van der Waals surface area (Å²) >= 11 is 0. The molecule has 128 valence electrons. The SMILES string of the molecule is CCNC(=NCC1(c2ccc(F)cc2)CC1)NCCc1ccco1. The standard InChI is InChI=1S/C19H24FN3O/c1-2-21-18(22-12-9-17-4-3-13-24-17)23-14-19(10-11-19)15-5-7-16(20)8-6-15/h3-8,13H,2,9-12,14H2,1H3,(H2,21,22,23). The topological polar surface area (TPSA) is 49.6 Å². The van der Waals surface area contributed by atoms with E-state index in [1.54, 1.807) is 6.26 Å². The molecule has 0 saturated heterocycles. The lowest BCUT2D eigenvalue weighted by Gasteiger charge is -2.16. The average Bonchev–Trinajstić information content (AvgIpc) is 3.20. The van der Waals surface area contributed by atoms with Crippen molar-refractivity contribution in [3.05, 3.63) is 59.8 Å². The van der Waals surface area contributed by atoms with Gasteiger partial charge in [0.25, 0.3) is 0 Å². The van der Waals surface area contributed by atoms with Crippen LogP contribution in [0.25, 0.3) is 0 Å². The lowest BCUT2D eigenvalue weighted by molar-refractivity contribution is 0.506. The van der Waals surface area contributed by atoms with Gasteiger partial charge in [0, 0.05) is 24.9 Å². The maximum Gasteiger partial charge on any atom is 0.191 e. The highest BCUT2D eigenvalue weighted by Gasteiger charge is 2.44. The lowest BCUT2D eigenvalue weighted by Crippen LogP contribution is -2.39. The molecule has 24 heavy (non-hydrogen) atoms. The third-order valence-corrected chi connectivity index (χ3v) is 4.44. The second-order valence-electron chi connectivity index (χ2n) is 6.24. The van der Waals surface area contributed by atoms with Crippen LogP contribution in [-0.2, 0) is 11.8 Å². The fraction of sp³-hybridized carbons (Fsp3) is 0.421. The molecular formula is C19H24FN3O. The molecule has 4 nitrogen and oxygen atoms in total. The van der Waals surface area contributed by atoms with Gasteiger partial charge in [-0.3, -0.25) is 4.99 Å². The lowest BCUT2D eigenvalue weighted by atomic mass is 9.96. The minimum Gasteiger partial charge on any atom is -0.469 e. The van der Waals surface area contributed by atoms with Crippen LogP contribution in [0.5, 0.6) is 0 Å². The van der Waals surface area contributed by atoms with E-state index < -0.39 is 0 Å². The number of halogens is 1. The van der Waals surface area contributed by atoms with Gasteiger partial charge in [0.05, 0.1) is 12.8 Å². The molecule has 0 atom stereocenters. The third-order valence-electron chi connectivity index (χ3n) is 4.44. The van der Waals surface area contributed by atoms with Crippen molar-refractivity contribution in [2.24, 2.45) is 4.99 Å². The molecule has 2 N–H and O–H groups in total. The molecule has 0 radical (unpaired) electrons. The molecular weight excluding hydrogens is 305 g/mol. The zero-order chi connectivity index (χ0) is 16.8. The first-order valence-corrected chi connectivity index (χ1v) is 8.52. The molecule has 0 unspecified atom stereocenters. The molecule has 0 aliphatic heterocycles. The van der Waals surface area contributed by atoms with Crippen LogP contribution in [0.2, 0.25) is 0 Å². The van der Waals surface area contributed by atoms with E-state index in [0.717, 1.165) is 44.1 Å². The van der Waals surface area contributed by atoms with Gasteiger partial charge in [-0.25, -0.2) is 4.39 Å². The van der Waals surface area contributed by atoms with Crippen molar-refractivity contribution in [1.82, 2.24) is 10.6 Å². The van der Waals surface area contributed by atoms with E-state index in [1.165, 1.54) is 17.7 Å². The minimum atomic E-state index is -0.189. The highest BCUT2D eigenvalue weighted by molar-refractivity contribution is 5.79. The van der Waals surface area contributed by atoms with Gasteiger partial charge in [-0.15, -0.1) is 0 Å². The molecule has 1 aliphatic rings. The molecule has 0 bridgehead atoms. The van der Waals surface area contributed by atoms with Crippen LogP contribution >= 0.6 is 0 Å². The van der Waals surface area contributed by atoms with E-state index in [-0.39, 0.29) is 11.2 Å². The van der Waals surface area contributed by atoms with E-state index in [1.807, 2.05) is 24.3 Å². The van der Waals surface area contributed by atoms with E-state index >= 15 is 0 Å². The third kappa shape index (κ3) is 4.16. The van der Waals surface area contributed by atoms with E-state index in [0.29, 0.717) is 6.54 Å². The summed E-state index contributed by atoms with van der Waals surface area (Å²) in [4.78, 5) is 4.74. The summed E-state index contributed by atoms with van der Waals surface area (Å²) in [5, 5.41) is 6.61. The first-order chi connectivity index (χ1) is 11.7. The highest BCUT2D eigenvalue weighted by Crippen LogP contribution is 2.48. The number of benzene rings is 1. The Balaban J connectivity index is 1.57. The van der Waals surface area contributed by atoms with Gasteiger partial charge in [0.15, 0.2) is 5.96 Å². The predicted octanol–water partition coefficient (Wildman–Crippen LogP) is 3.25. The quantitative estimate of drug-likeness (QED) is 0.605. The number of rotatable bonds is 7. The van der Waals surface area contributed by atoms with Gasteiger partial charge in [-0.2, -0.15) is 0 Å². The molecule has 1 fully saturated rings. The van der Waals surface area contributed by atoms with Crippen LogP contribution < -0.4 is 10.6 Å². The maximum atomic E-state index is 13.1. The average molecular weight is 329 g/mol. The predicted molar refractivity (Wildman–Crippen MR) is 93.7 cm³/mol. The van der Waals surface area contributed by atoms with Crippen LogP contribution in [0.1, 0.15) is 31.1 Å². The van der Waals surface area contributed by atoms with Gasteiger partial charge in [-0.05, 0) is 49.6 Å². The highest BCUT2D eigenvalue weighted by atomic mass is 19.1. The number of aliphatic imine (C=N–C) groups is 1. The van der Waals surface area contributed by atoms with Crippen LogP contribution in [0.15, 0.2) is 52.1 Å². The van der Waals surface area contributed by atoms with Crippen molar-refractivity contribution >= 4 is 5.96 Å². The van der Waals surface area contributed by atoms with Crippen molar-refractivity contribution in [2.75, 3.05) is 19.6 Å². The van der Waals surface area contributed by atoms with Gasteiger partial charge >= 0.3 is 0 Å². The zero-order valence-electron chi connectivity index (χ0n) is 14.0. The Kier molecular flexibility index (Phi) is 5.18. The van der Waals surface area contributed by atoms with Crippen molar-refractivity contribution in [3.63, 3.8) is 0 Å². The largest absolute Gasteiger partial charge is 0.469 e. The summed E-state index contributed by atoms with van der Waals surface area (Å²) in [5.41, 5.74) is 1.26. The monoisotopic (exact) mass is 329 g/mol. The summed E-state index contributed by atoms with van der Waals surface area (Å²) in [6, 6.07) is 10.7. The molecule has 1 aromatic heterocycles. The Bertz CT molecular complexity index is 660. The summed E-state index contributed by atoms with van der Waals surface area (Å²) in [5.74, 6) is 1.59. The van der Waals surface area contributed by atoms with Crippen LogP contribution in [-0.4, -0.2) is 25.6 Å². The molecule has 1 aromatic carbocycles. The Hall–Kier alpha value is -2.30. The first kappa shape index (κ1) is 16.6. The molecule has 5 heteroatoms. The Morgan fingerprint density at radius 2 is 2.00 bits per heavy atom. The normalized spacial score (nSPS) is 16.0. The second-order valence-corrected chi connectivity index (χ2v) is 6.24. The van der Waals surface area contributed by atoms with Crippen LogP contribution in [0.4, 0.5) is 4.39 Å². The van der Waals surface area contributed by atoms with Gasteiger partial charge in [0.1, 0.15) is 11.6 Å². The van der Waals surface area contributed by atoms with Crippen molar-refractivity contribution in [3.8, 4) is 0 Å². The molecule has 1 heterocycles. The van der Waals surface area contributed by atoms with Crippen molar-refractivity contribution in [1.29, 1.82) is 0 Å². The van der Waals surface area contributed by atoms with E-state index in [2.05, 4.69) is 17.6 Å². The van der Waals surface area contributed by atoms with Crippen LogP contribution in [0.3, 0.4) is 0 Å².